The van der Waals surface area contributed by atoms with E-state index in [1.807, 2.05) is 13.8 Å². The van der Waals surface area contributed by atoms with Crippen LogP contribution in [-0.4, -0.2) is 23.4 Å². The lowest BCUT2D eigenvalue weighted by Crippen LogP contribution is -2.35. The molecule has 0 N–H and O–H groups in total. The lowest BCUT2D eigenvalue weighted by Gasteiger charge is -2.34. The van der Waals surface area contributed by atoms with Crippen LogP contribution in [0, 0.1) is 5.92 Å². The van der Waals surface area contributed by atoms with Crippen LogP contribution >= 0.6 is 0 Å². The van der Waals surface area contributed by atoms with Gasteiger partial charge in [0.25, 0.3) is 0 Å². The van der Waals surface area contributed by atoms with E-state index in [4.69, 9.17) is 9.26 Å². The number of nitrogens with zero attached hydrogens (tertiary/aromatic N) is 2. The zero-order valence-corrected chi connectivity index (χ0v) is 14.3. The topological polar surface area (TPSA) is 48.2 Å². The highest BCUT2D eigenvalue weighted by Crippen LogP contribution is 2.42. The summed E-state index contributed by atoms with van der Waals surface area (Å²) < 4.78 is 50.3. The van der Waals surface area contributed by atoms with Crippen LogP contribution in [0.15, 0.2) is 28.8 Å². The van der Waals surface area contributed by atoms with Crippen molar-refractivity contribution >= 4 is 0 Å². The van der Waals surface area contributed by atoms with Crippen molar-refractivity contribution in [2.45, 2.75) is 44.7 Å². The van der Waals surface area contributed by atoms with Gasteiger partial charge in [-0.1, -0.05) is 37.2 Å². The monoisotopic (exact) mass is 354 g/mol. The fourth-order valence-corrected chi connectivity index (χ4v) is 3.24. The molecule has 0 spiro atoms. The van der Waals surface area contributed by atoms with Crippen LogP contribution in [-0.2, 0) is 22.7 Å². The molecule has 0 bridgehead atoms. The Balaban J connectivity index is 2.04. The molecule has 1 fully saturated rings. The second-order valence-corrected chi connectivity index (χ2v) is 6.89. The highest BCUT2D eigenvalue weighted by molar-refractivity contribution is 5.36. The minimum atomic E-state index is -4.39. The maximum Gasteiger partial charge on any atom is 0.416 e. The van der Waals surface area contributed by atoms with Crippen LogP contribution < -0.4 is 0 Å². The molecule has 1 aliphatic heterocycles. The molecule has 3 rings (SSSR count). The van der Waals surface area contributed by atoms with E-state index in [1.54, 1.807) is 6.07 Å². The molecule has 0 saturated carbocycles. The SMILES string of the molecule is CC(C)Cc1noc(C2(c3cccc(C(F)(F)F)c3)CCOCC2)n1. The smallest absolute Gasteiger partial charge is 0.381 e. The Morgan fingerprint density at radius 3 is 2.56 bits per heavy atom. The standard InChI is InChI=1S/C18H21F3N2O2/c1-12(2)10-15-22-16(25-23-15)17(6-8-24-9-7-17)13-4-3-5-14(11-13)18(19,20)21/h3-5,11-12H,6-10H2,1-2H3. The summed E-state index contributed by atoms with van der Waals surface area (Å²) in [6.45, 7) is 4.98. The first-order valence-electron chi connectivity index (χ1n) is 8.40. The van der Waals surface area contributed by atoms with Gasteiger partial charge < -0.3 is 9.26 Å². The van der Waals surface area contributed by atoms with Gasteiger partial charge in [-0.25, -0.2) is 0 Å². The lowest BCUT2D eigenvalue weighted by molar-refractivity contribution is -0.137. The Labute approximate surface area is 144 Å². The molecule has 1 aromatic heterocycles. The first-order chi connectivity index (χ1) is 11.8. The maximum absolute atomic E-state index is 13.1. The van der Waals surface area contributed by atoms with Gasteiger partial charge in [-0.3, -0.25) is 0 Å². The number of ether oxygens (including phenoxy) is 1. The van der Waals surface area contributed by atoms with Crippen molar-refractivity contribution in [3.05, 3.63) is 47.1 Å². The molecule has 136 valence electrons. The Bertz CT molecular complexity index is 719. The van der Waals surface area contributed by atoms with Gasteiger partial charge in [-0.15, -0.1) is 0 Å². The van der Waals surface area contributed by atoms with Gasteiger partial charge >= 0.3 is 6.18 Å². The van der Waals surface area contributed by atoms with E-state index >= 15 is 0 Å². The van der Waals surface area contributed by atoms with Gasteiger partial charge in [0.2, 0.25) is 5.89 Å². The number of hydrogen-bond acceptors (Lipinski definition) is 4. The molecular formula is C18H21F3N2O2. The average Bonchev–Trinajstić information content (AvgIpc) is 3.03. The summed E-state index contributed by atoms with van der Waals surface area (Å²) in [4.78, 5) is 4.50. The summed E-state index contributed by atoms with van der Waals surface area (Å²) in [6, 6.07) is 5.40. The van der Waals surface area contributed by atoms with E-state index in [2.05, 4.69) is 10.1 Å². The zero-order valence-electron chi connectivity index (χ0n) is 14.3. The molecular weight excluding hydrogens is 333 g/mol. The Morgan fingerprint density at radius 2 is 1.92 bits per heavy atom. The molecule has 25 heavy (non-hydrogen) atoms. The number of halogens is 3. The normalized spacial score (nSPS) is 17.8. The number of benzene rings is 1. The molecule has 1 aromatic carbocycles. The minimum Gasteiger partial charge on any atom is -0.381 e. The first-order valence-corrected chi connectivity index (χ1v) is 8.40. The summed E-state index contributed by atoms with van der Waals surface area (Å²) in [5.41, 5.74) is -0.856. The Hall–Kier alpha value is -1.89. The molecule has 0 amide bonds. The molecule has 2 aromatic rings. The van der Waals surface area contributed by atoms with E-state index in [0.29, 0.717) is 55.7 Å². The number of rotatable bonds is 4. The van der Waals surface area contributed by atoms with Crippen molar-refractivity contribution in [3.8, 4) is 0 Å². The third-order valence-electron chi connectivity index (χ3n) is 4.56. The fourth-order valence-electron chi connectivity index (χ4n) is 3.24. The van der Waals surface area contributed by atoms with Crippen molar-refractivity contribution in [3.63, 3.8) is 0 Å². The Morgan fingerprint density at radius 1 is 1.20 bits per heavy atom. The van der Waals surface area contributed by atoms with Crippen LogP contribution in [0.4, 0.5) is 13.2 Å². The lowest BCUT2D eigenvalue weighted by atomic mass is 9.73. The van der Waals surface area contributed by atoms with Gasteiger partial charge in [-0.05, 0) is 30.4 Å². The summed E-state index contributed by atoms with van der Waals surface area (Å²) in [5.74, 6) is 1.33. The quantitative estimate of drug-likeness (QED) is 0.817. The van der Waals surface area contributed by atoms with Crippen molar-refractivity contribution in [1.29, 1.82) is 0 Å². The van der Waals surface area contributed by atoms with Crippen molar-refractivity contribution in [1.82, 2.24) is 10.1 Å². The second kappa shape index (κ2) is 6.78. The molecule has 4 nitrogen and oxygen atoms in total. The van der Waals surface area contributed by atoms with E-state index in [0.717, 1.165) is 6.07 Å². The third-order valence-corrected chi connectivity index (χ3v) is 4.56. The minimum absolute atomic E-state index is 0.365. The molecule has 2 heterocycles. The third kappa shape index (κ3) is 3.71. The summed E-state index contributed by atoms with van der Waals surface area (Å²) in [7, 11) is 0. The molecule has 0 radical (unpaired) electrons. The fraction of sp³-hybridized carbons (Fsp3) is 0.556. The highest BCUT2D eigenvalue weighted by Gasteiger charge is 2.43. The molecule has 0 aliphatic carbocycles. The van der Waals surface area contributed by atoms with Crippen LogP contribution in [0.5, 0.6) is 0 Å². The Kier molecular flexibility index (Phi) is 4.86. The van der Waals surface area contributed by atoms with Gasteiger partial charge in [0.15, 0.2) is 5.82 Å². The van der Waals surface area contributed by atoms with Crippen LogP contribution in [0.2, 0.25) is 0 Å². The molecule has 7 heteroatoms. The molecule has 0 unspecified atom stereocenters. The van der Waals surface area contributed by atoms with Crippen LogP contribution in [0.1, 0.15) is 49.5 Å². The van der Waals surface area contributed by atoms with E-state index in [9.17, 15) is 13.2 Å². The van der Waals surface area contributed by atoms with Gasteiger partial charge in [-0.2, -0.15) is 18.2 Å². The van der Waals surface area contributed by atoms with Crippen molar-refractivity contribution in [2.75, 3.05) is 13.2 Å². The number of aromatic nitrogens is 2. The second-order valence-electron chi connectivity index (χ2n) is 6.89. The number of alkyl halides is 3. The van der Waals surface area contributed by atoms with Crippen molar-refractivity contribution < 1.29 is 22.4 Å². The van der Waals surface area contributed by atoms with Crippen LogP contribution in [0.25, 0.3) is 0 Å². The molecule has 0 atom stereocenters. The van der Waals surface area contributed by atoms with E-state index in [1.165, 1.54) is 12.1 Å². The van der Waals surface area contributed by atoms with E-state index in [-0.39, 0.29) is 0 Å². The van der Waals surface area contributed by atoms with Crippen LogP contribution in [0.3, 0.4) is 0 Å². The summed E-state index contributed by atoms with van der Waals surface area (Å²) >= 11 is 0. The average molecular weight is 354 g/mol. The van der Waals surface area contributed by atoms with Gasteiger partial charge in [0.05, 0.1) is 11.0 Å². The molecule has 1 saturated heterocycles. The summed E-state index contributed by atoms with van der Waals surface area (Å²) in [6.07, 6.45) is -2.70. The van der Waals surface area contributed by atoms with Gasteiger partial charge in [0, 0.05) is 19.6 Å². The first kappa shape index (κ1) is 17.9. The van der Waals surface area contributed by atoms with Gasteiger partial charge in [0.1, 0.15) is 0 Å². The summed E-state index contributed by atoms with van der Waals surface area (Å²) in [5, 5.41) is 4.02. The largest absolute Gasteiger partial charge is 0.416 e. The van der Waals surface area contributed by atoms with Crippen molar-refractivity contribution in [2.24, 2.45) is 5.92 Å². The number of hydrogen-bond donors (Lipinski definition) is 0. The highest BCUT2D eigenvalue weighted by atomic mass is 19.4. The zero-order chi connectivity index (χ0) is 18.1. The molecule has 1 aliphatic rings. The predicted molar refractivity (Wildman–Crippen MR) is 85.1 cm³/mol. The van der Waals surface area contributed by atoms with E-state index < -0.39 is 17.2 Å². The maximum atomic E-state index is 13.1. The predicted octanol–water partition coefficient (Wildman–Crippen LogP) is 4.38.